The van der Waals surface area contributed by atoms with Crippen LogP contribution in [0.1, 0.15) is 18.4 Å². The maximum absolute atomic E-state index is 12.4. The Morgan fingerprint density at radius 2 is 2.10 bits per heavy atom. The topological polar surface area (TPSA) is 56.2 Å². The van der Waals surface area contributed by atoms with Crippen LogP contribution in [0, 0.1) is 6.92 Å². The first-order valence-electron chi connectivity index (χ1n) is 9.91. The maximum Gasteiger partial charge on any atom is 0.234 e. The van der Waals surface area contributed by atoms with E-state index in [9.17, 15) is 4.79 Å². The van der Waals surface area contributed by atoms with Gasteiger partial charge >= 0.3 is 0 Å². The van der Waals surface area contributed by atoms with Crippen LogP contribution in [0.3, 0.4) is 0 Å². The Morgan fingerprint density at radius 3 is 2.86 bits per heavy atom. The number of carbonyl (C=O) groups excluding carboxylic acids is 1. The molecule has 1 fully saturated rings. The second-order valence-electron chi connectivity index (χ2n) is 7.24. The third-order valence-corrected chi connectivity index (χ3v) is 5.92. The van der Waals surface area contributed by atoms with Gasteiger partial charge in [-0.05, 0) is 43.0 Å². The van der Waals surface area contributed by atoms with E-state index in [4.69, 9.17) is 4.74 Å². The zero-order valence-electron chi connectivity index (χ0n) is 16.5. The molecule has 4 rings (SSSR count). The maximum atomic E-state index is 12.4. The monoisotopic (exact) mass is 407 g/mol. The molecule has 1 N–H and O–H groups in total. The first-order chi connectivity index (χ1) is 14.2. The summed E-state index contributed by atoms with van der Waals surface area (Å²) in [6.07, 6.45) is 4.25. The predicted octanol–water partition coefficient (Wildman–Crippen LogP) is 4.77. The number of aromatic nitrogens is 2. The van der Waals surface area contributed by atoms with E-state index in [0.29, 0.717) is 5.75 Å². The summed E-state index contributed by atoms with van der Waals surface area (Å²) in [4.78, 5) is 17.1. The summed E-state index contributed by atoms with van der Waals surface area (Å²) in [7, 11) is 0. The van der Waals surface area contributed by atoms with E-state index in [1.54, 1.807) is 0 Å². The molecule has 1 aromatic heterocycles. The highest BCUT2D eigenvalue weighted by Gasteiger charge is 2.21. The van der Waals surface area contributed by atoms with Gasteiger partial charge in [0.1, 0.15) is 0 Å². The SMILES string of the molecule is Cc1cccc(NC(=O)CSc2ncc(-c3ccccc3)n2C[C@H]2CCCO2)c1. The summed E-state index contributed by atoms with van der Waals surface area (Å²) >= 11 is 1.46. The Balaban J connectivity index is 1.48. The molecule has 0 saturated carbocycles. The van der Waals surface area contributed by atoms with E-state index in [1.165, 1.54) is 11.8 Å². The first-order valence-corrected chi connectivity index (χ1v) is 10.9. The Kier molecular flexibility index (Phi) is 6.32. The summed E-state index contributed by atoms with van der Waals surface area (Å²) < 4.78 is 8.04. The van der Waals surface area contributed by atoms with E-state index in [2.05, 4.69) is 27.0 Å². The van der Waals surface area contributed by atoms with Crippen molar-refractivity contribution in [3.8, 4) is 11.3 Å². The number of nitrogens with zero attached hydrogens (tertiary/aromatic N) is 2. The molecule has 1 atom stereocenters. The van der Waals surface area contributed by atoms with Gasteiger partial charge in [-0.15, -0.1) is 0 Å². The van der Waals surface area contributed by atoms with Crippen molar-refractivity contribution < 1.29 is 9.53 Å². The van der Waals surface area contributed by atoms with Gasteiger partial charge in [0.2, 0.25) is 5.91 Å². The van der Waals surface area contributed by atoms with E-state index < -0.39 is 0 Å². The lowest BCUT2D eigenvalue weighted by molar-refractivity contribution is -0.113. The Labute approximate surface area is 175 Å². The van der Waals surface area contributed by atoms with Gasteiger partial charge in [0.15, 0.2) is 5.16 Å². The minimum atomic E-state index is -0.0338. The van der Waals surface area contributed by atoms with E-state index in [0.717, 1.165) is 53.7 Å². The highest BCUT2D eigenvalue weighted by atomic mass is 32.2. The molecular formula is C23H25N3O2S. The van der Waals surface area contributed by atoms with E-state index >= 15 is 0 Å². The molecule has 5 nitrogen and oxygen atoms in total. The van der Waals surface area contributed by atoms with E-state index in [1.807, 2.05) is 55.6 Å². The van der Waals surface area contributed by atoms with Crippen molar-refractivity contribution in [2.75, 3.05) is 17.7 Å². The standard InChI is InChI=1S/C23H25N3O2S/c1-17-7-5-10-19(13-17)25-22(27)16-29-23-24-14-21(18-8-3-2-4-9-18)26(23)15-20-11-6-12-28-20/h2-5,7-10,13-14,20H,6,11-12,15-16H2,1H3,(H,25,27)/t20-/m1/s1. The van der Waals surface area contributed by atoms with Crippen LogP contribution in [0.4, 0.5) is 5.69 Å². The number of ether oxygens (including phenoxy) is 1. The number of hydrogen-bond acceptors (Lipinski definition) is 4. The van der Waals surface area contributed by atoms with Gasteiger partial charge in [0.05, 0.1) is 30.3 Å². The van der Waals surface area contributed by atoms with Gasteiger partial charge in [-0.2, -0.15) is 0 Å². The lowest BCUT2D eigenvalue weighted by Gasteiger charge is -2.16. The molecule has 0 radical (unpaired) electrons. The second-order valence-corrected chi connectivity index (χ2v) is 8.19. The fourth-order valence-corrected chi connectivity index (χ4v) is 4.32. The minimum absolute atomic E-state index is 0.0338. The van der Waals surface area contributed by atoms with Crippen molar-refractivity contribution in [3.05, 3.63) is 66.4 Å². The van der Waals surface area contributed by atoms with Crippen LogP contribution in [0.5, 0.6) is 0 Å². The molecule has 0 aliphatic carbocycles. The lowest BCUT2D eigenvalue weighted by Crippen LogP contribution is -2.18. The zero-order valence-corrected chi connectivity index (χ0v) is 17.3. The van der Waals surface area contributed by atoms with Crippen LogP contribution in [-0.4, -0.2) is 33.9 Å². The Bertz CT molecular complexity index is 965. The molecule has 0 bridgehead atoms. The number of amides is 1. The molecule has 150 valence electrons. The van der Waals surface area contributed by atoms with Gasteiger partial charge in [0.25, 0.3) is 0 Å². The van der Waals surface area contributed by atoms with Crippen LogP contribution < -0.4 is 5.32 Å². The summed E-state index contributed by atoms with van der Waals surface area (Å²) in [5.74, 6) is 0.276. The molecular weight excluding hydrogens is 382 g/mol. The number of imidazole rings is 1. The van der Waals surface area contributed by atoms with Crippen LogP contribution in [0.15, 0.2) is 66.0 Å². The van der Waals surface area contributed by atoms with E-state index in [-0.39, 0.29) is 12.0 Å². The normalized spacial score (nSPS) is 16.1. The van der Waals surface area contributed by atoms with Crippen LogP contribution >= 0.6 is 11.8 Å². The number of hydrogen-bond donors (Lipinski definition) is 1. The third-order valence-electron chi connectivity index (χ3n) is 4.93. The number of benzene rings is 2. The van der Waals surface area contributed by atoms with Crippen molar-refractivity contribution in [1.29, 1.82) is 0 Å². The molecule has 1 aliphatic heterocycles. The average Bonchev–Trinajstić information content (AvgIpc) is 3.38. The molecule has 1 aliphatic rings. The lowest BCUT2D eigenvalue weighted by atomic mass is 10.1. The molecule has 0 spiro atoms. The molecule has 1 amide bonds. The number of aryl methyl sites for hydroxylation is 1. The smallest absolute Gasteiger partial charge is 0.234 e. The Morgan fingerprint density at radius 1 is 1.24 bits per heavy atom. The average molecular weight is 408 g/mol. The fourth-order valence-electron chi connectivity index (χ4n) is 3.53. The van der Waals surface area contributed by atoms with Gasteiger partial charge in [-0.3, -0.25) is 4.79 Å². The van der Waals surface area contributed by atoms with Crippen molar-refractivity contribution >= 4 is 23.4 Å². The zero-order chi connectivity index (χ0) is 20.1. The van der Waals surface area contributed by atoms with Crippen LogP contribution in [0.25, 0.3) is 11.3 Å². The fraction of sp³-hybridized carbons (Fsp3) is 0.304. The van der Waals surface area contributed by atoms with Crippen LogP contribution in [-0.2, 0) is 16.1 Å². The molecule has 6 heteroatoms. The molecule has 29 heavy (non-hydrogen) atoms. The van der Waals surface area contributed by atoms with Crippen LogP contribution in [0.2, 0.25) is 0 Å². The number of carbonyl (C=O) groups is 1. The molecule has 2 aromatic carbocycles. The van der Waals surface area contributed by atoms with Crippen molar-refractivity contribution in [2.45, 2.75) is 37.6 Å². The molecule has 3 aromatic rings. The van der Waals surface area contributed by atoms with Gasteiger partial charge in [-0.25, -0.2) is 4.98 Å². The van der Waals surface area contributed by atoms with Gasteiger partial charge in [0, 0.05) is 12.3 Å². The molecule has 0 unspecified atom stereocenters. The number of anilines is 1. The quantitative estimate of drug-likeness (QED) is 0.573. The number of rotatable bonds is 7. The summed E-state index contributed by atoms with van der Waals surface area (Å²) in [6, 6.07) is 18.1. The highest BCUT2D eigenvalue weighted by Crippen LogP contribution is 2.28. The minimum Gasteiger partial charge on any atom is -0.376 e. The number of thioether (sulfide) groups is 1. The Hall–Kier alpha value is -2.57. The second kappa shape index (κ2) is 9.29. The molecule has 1 saturated heterocycles. The highest BCUT2D eigenvalue weighted by molar-refractivity contribution is 7.99. The first kappa shape index (κ1) is 19.7. The van der Waals surface area contributed by atoms with Crippen molar-refractivity contribution in [1.82, 2.24) is 9.55 Å². The summed E-state index contributed by atoms with van der Waals surface area (Å²) in [5, 5.41) is 3.81. The molecule has 2 heterocycles. The van der Waals surface area contributed by atoms with Gasteiger partial charge < -0.3 is 14.6 Å². The summed E-state index contributed by atoms with van der Waals surface area (Å²) in [5.41, 5.74) is 4.12. The van der Waals surface area contributed by atoms with Crippen molar-refractivity contribution in [3.63, 3.8) is 0 Å². The van der Waals surface area contributed by atoms with Gasteiger partial charge in [-0.1, -0.05) is 54.2 Å². The van der Waals surface area contributed by atoms with Crippen molar-refractivity contribution in [2.24, 2.45) is 0 Å². The number of nitrogens with one attached hydrogen (secondary N) is 1. The predicted molar refractivity (Wildman–Crippen MR) is 117 cm³/mol. The largest absolute Gasteiger partial charge is 0.376 e. The third kappa shape index (κ3) is 5.08. The summed E-state index contributed by atoms with van der Waals surface area (Å²) in [6.45, 7) is 3.59.